The minimum absolute atomic E-state index is 0.0190. The molecule has 0 aliphatic heterocycles. The highest BCUT2D eigenvalue weighted by molar-refractivity contribution is 5.99. The van der Waals surface area contributed by atoms with Gasteiger partial charge in [-0.25, -0.2) is 0 Å². The maximum atomic E-state index is 12.7. The van der Waals surface area contributed by atoms with E-state index in [0.29, 0.717) is 18.5 Å². The molecule has 0 atom stereocenters. The fraction of sp³-hybridized carbons (Fsp3) is 0.500. The summed E-state index contributed by atoms with van der Waals surface area (Å²) in [7, 11) is 0. The molecule has 1 N–H and O–H groups in total. The van der Waals surface area contributed by atoms with Crippen LogP contribution in [0.4, 0.5) is 5.69 Å². The van der Waals surface area contributed by atoms with Gasteiger partial charge in [-0.05, 0) is 32.4 Å². The second kappa shape index (κ2) is 8.21. The van der Waals surface area contributed by atoms with Crippen LogP contribution < -0.4 is 5.32 Å². The molecule has 0 unspecified atom stereocenters. The van der Waals surface area contributed by atoms with Crippen molar-refractivity contribution in [2.24, 2.45) is 0 Å². The summed E-state index contributed by atoms with van der Waals surface area (Å²) in [6.45, 7) is 7.33. The molecule has 0 saturated carbocycles. The number of rotatable bonds is 7. The Labute approximate surface area is 121 Å². The van der Waals surface area contributed by atoms with Crippen molar-refractivity contribution in [3.63, 3.8) is 0 Å². The summed E-state index contributed by atoms with van der Waals surface area (Å²) in [5.41, 5.74) is 1.54. The van der Waals surface area contributed by atoms with Crippen LogP contribution in [0, 0.1) is 11.3 Å². The van der Waals surface area contributed by atoms with Crippen molar-refractivity contribution in [1.29, 1.82) is 5.26 Å². The Hall–Kier alpha value is -2.02. The van der Waals surface area contributed by atoms with Gasteiger partial charge in [0.25, 0.3) is 5.91 Å². The number of hydrogen-bond acceptors (Lipinski definition) is 3. The molecule has 108 valence electrons. The number of amides is 1. The summed E-state index contributed by atoms with van der Waals surface area (Å²) in [5.74, 6) is -0.0190. The van der Waals surface area contributed by atoms with Crippen LogP contribution in [0.25, 0.3) is 0 Å². The van der Waals surface area contributed by atoms with Crippen LogP contribution in [-0.4, -0.2) is 29.9 Å². The fourth-order valence-electron chi connectivity index (χ4n) is 2.00. The molecule has 0 fully saturated rings. The number of nitriles is 1. The van der Waals surface area contributed by atoms with E-state index in [-0.39, 0.29) is 11.9 Å². The zero-order valence-electron chi connectivity index (χ0n) is 12.5. The number of anilines is 1. The lowest BCUT2D eigenvalue weighted by atomic mass is 10.1. The lowest BCUT2D eigenvalue weighted by molar-refractivity contribution is 0.0711. The fourth-order valence-corrected chi connectivity index (χ4v) is 2.00. The van der Waals surface area contributed by atoms with E-state index in [9.17, 15) is 4.79 Å². The van der Waals surface area contributed by atoms with Crippen molar-refractivity contribution < 1.29 is 4.79 Å². The van der Waals surface area contributed by atoms with Gasteiger partial charge in [-0.3, -0.25) is 4.79 Å². The number of carbonyl (C=O) groups excluding carboxylic acids is 1. The standard InChI is InChI=1S/C16H23N3O/c1-4-11-18-15-9-6-5-8-14(15)16(20)19(13(2)3)12-7-10-17/h5-6,8-9,13,18H,4,7,11-12H2,1-3H3. The summed E-state index contributed by atoms with van der Waals surface area (Å²) in [6, 6.07) is 9.72. The Morgan fingerprint density at radius 1 is 1.40 bits per heavy atom. The Kier molecular flexibility index (Phi) is 6.58. The summed E-state index contributed by atoms with van der Waals surface area (Å²) in [5, 5.41) is 12.0. The summed E-state index contributed by atoms with van der Waals surface area (Å²) in [6.07, 6.45) is 1.36. The first-order chi connectivity index (χ1) is 9.61. The predicted octanol–water partition coefficient (Wildman–Crippen LogP) is 3.27. The van der Waals surface area contributed by atoms with E-state index in [4.69, 9.17) is 5.26 Å². The van der Waals surface area contributed by atoms with E-state index in [1.54, 1.807) is 4.90 Å². The second-order valence-corrected chi connectivity index (χ2v) is 4.97. The van der Waals surface area contributed by atoms with Gasteiger partial charge in [0.05, 0.1) is 18.1 Å². The van der Waals surface area contributed by atoms with E-state index in [1.165, 1.54) is 0 Å². The molecule has 4 nitrogen and oxygen atoms in total. The third-order valence-corrected chi connectivity index (χ3v) is 3.07. The summed E-state index contributed by atoms with van der Waals surface area (Å²) < 4.78 is 0. The highest BCUT2D eigenvalue weighted by Gasteiger charge is 2.20. The van der Waals surface area contributed by atoms with Crippen molar-refractivity contribution in [3.8, 4) is 6.07 Å². The number of nitrogens with one attached hydrogen (secondary N) is 1. The predicted molar refractivity (Wildman–Crippen MR) is 81.6 cm³/mol. The molecule has 0 saturated heterocycles. The molecule has 1 rings (SSSR count). The zero-order valence-corrected chi connectivity index (χ0v) is 12.5. The molecule has 1 aromatic rings. The lowest BCUT2D eigenvalue weighted by Gasteiger charge is -2.27. The number of nitrogens with zero attached hydrogens (tertiary/aromatic N) is 2. The van der Waals surface area contributed by atoms with Crippen molar-refractivity contribution in [2.45, 2.75) is 39.7 Å². The maximum absolute atomic E-state index is 12.7. The third kappa shape index (κ3) is 4.27. The summed E-state index contributed by atoms with van der Waals surface area (Å²) in [4.78, 5) is 14.4. The normalized spacial score (nSPS) is 10.2. The van der Waals surface area contributed by atoms with E-state index < -0.39 is 0 Å². The molecule has 0 radical (unpaired) electrons. The Morgan fingerprint density at radius 2 is 2.10 bits per heavy atom. The Bertz CT molecular complexity index is 477. The van der Waals surface area contributed by atoms with E-state index in [2.05, 4.69) is 18.3 Å². The maximum Gasteiger partial charge on any atom is 0.256 e. The SMILES string of the molecule is CCCNc1ccccc1C(=O)N(CCC#N)C(C)C. The average Bonchev–Trinajstić information content (AvgIpc) is 2.45. The van der Waals surface area contributed by atoms with Crippen LogP contribution in [0.2, 0.25) is 0 Å². The number of carbonyl (C=O) groups is 1. The molecular weight excluding hydrogens is 250 g/mol. The molecule has 0 heterocycles. The molecule has 1 amide bonds. The minimum atomic E-state index is -0.0190. The molecule has 0 aliphatic rings. The van der Waals surface area contributed by atoms with Gasteiger partial charge in [0.1, 0.15) is 0 Å². The van der Waals surface area contributed by atoms with Crippen molar-refractivity contribution in [2.75, 3.05) is 18.4 Å². The summed E-state index contributed by atoms with van der Waals surface area (Å²) >= 11 is 0. The molecule has 4 heteroatoms. The van der Waals surface area contributed by atoms with E-state index in [1.807, 2.05) is 38.1 Å². The van der Waals surface area contributed by atoms with E-state index in [0.717, 1.165) is 18.7 Å². The highest BCUT2D eigenvalue weighted by atomic mass is 16.2. The minimum Gasteiger partial charge on any atom is -0.384 e. The van der Waals surface area contributed by atoms with Gasteiger partial charge in [-0.15, -0.1) is 0 Å². The number of benzene rings is 1. The van der Waals surface area contributed by atoms with Gasteiger partial charge in [-0.2, -0.15) is 5.26 Å². The Morgan fingerprint density at radius 3 is 2.70 bits per heavy atom. The van der Waals surface area contributed by atoms with Gasteiger partial charge in [0.2, 0.25) is 0 Å². The molecule has 0 spiro atoms. The smallest absolute Gasteiger partial charge is 0.256 e. The number of para-hydroxylation sites is 1. The first-order valence-corrected chi connectivity index (χ1v) is 7.12. The monoisotopic (exact) mass is 273 g/mol. The topological polar surface area (TPSA) is 56.1 Å². The van der Waals surface area contributed by atoms with Crippen LogP contribution in [0.5, 0.6) is 0 Å². The van der Waals surface area contributed by atoms with Crippen LogP contribution in [0.3, 0.4) is 0 Å². The van der Waals surface area contributed by atoms with Gasteiger partial charge < -0.3 is 10.2 Å². The first-order valence-electron chi connectivity index (χ1n) is 7.12. The third-order valence-electron chi connectivity index (χ3n) is 3.07. The highest BCUT2D eigenvalue weighted by Crippen LogP contribution is 2.18. The van der Waals surface area contributed by atoms with Crippen LogP contribution in [-0.2, 0) is 0 Å². The van der Waals surface area contributed by atoms with Crippen molar-refractivity contribution >= 4 is 11.6 Å². The quantitative estimate of drug-likeness (QED) is 0.829. The first kappa shape index (κ1) is 16.0. The average molecular weight is 273 g/mol. The molecule has 20 heavy (non-hydrogen) atoms. The van der Waals surface area contributed by atoms with Gasteiger partial charge >= 0.3 is 0 Å². The molecule has 0 aliphatic carbocycles. The lowest BCUT2D eigenvalue weighted by Crippen LogP contribution is -2.38. The molecule has 1 aromatic carbocycles. The van der Waals surface area contributed by atoms with Gasteiger partial charge in [0.15, 0.2) is 0 Å². The Balaban J connectivity index is 2.96. The van der Waals surface area contributed by atoms with Crippen LogP contribution in [0.15, 0.2) is 24.3 Å². The van der Waals surface area contributed by atoms with E-state index >= 15 is 0 Å². The van der Waals surface area contributed by atoms with Gasteiger partial charge in [0, 0.05) is 24.8 Å². The van der Waals surface area contributed by atoms with Gasteiger partial charge in [-0.1, -0.05) is 19.1 Å². The zero-order chi connectivity index (χ0) is 15.0. The molecule has 0 bridgehead atoms. The molecular formula is C16H23N3O. The molecule has 0 aromatic heterocycles. The second-order valence-electron chi connectivity index (χ2n) is 4.97. The largest absolute Gasteiger partial charge is 0.384 e. The van der Waals surface area contributed by atoms with Crippen LogP contribution >= 0.6 is 0 Å². The van der Waals surface area contributed by atoms with Crippen molar-refractivity contribution in [1.82, 2.24) is 4.90 Å². The number of hydrogen-bond donors (Lipinski definition) is 1. The van der Waals surface area contributed by atoms with Crippen molar-refractivity contribution in [3.05, 3.63) is 29.8 Å². The van der Waals surface area contributed by atoms with Crippen LogP contribution in [0.1, 0.15) is 44.0 Å².